The number of carboxylic acids is 2. The van der Waals surface area contributed by atoms with Crippen molar-refractivity contribution in [3.8, 4) is 11.5 Å². The van der Waals surface area contributed by atoms with Gasteiger partial charge in [-0.3, -0.25) is 9.59 Å². The molecule has 0 amide bonds. The summed E-state index contributed by atoms with van der Waals surface area (Å²) in [6, 6.07) is 11.6. The monoisotopic (exact) mass is 629 g/mol. The predicted octanol–water partition coefficient (Wildman–Crippen LogP) is 7.92. The normalized spacial score (nSPS) is 11.4. The van der Waals surface area contributed by atoms with Crippen LogP contribution >= 0.6 is 11.6 Å². The number of aliphatic carboxylic acids is 2. The van der Waals surface area contributed by atoms with Crippen LogP contribution in [0.2, 0.25) is 5.02 Å². The van der Waals surface area contributed by atoms with Gasteiger partial charge in [-0.2, -0.15) is 0 Å². The fraction of sp³-hybridized carbons (Fsp3) is 0.273. The highest BCUT2D eigenvalue weighted by Gasteiger charge is 2.19. The van der Waals surface area contributed by atoms with Crippen molar-refractivity contribution in [3.63, 3.8) is 0 Å². The van der Waals surface area contributed by atoms with Crippen LogP contribution in [0.3, 0.4) is 0 Å². The lowest BCUT2D eigenvalue weighted by atomic mass is 10.0. The van der Waals surface area contributed by atoms with Crippen LogP contribution in [-0.2, 0) is 22.6 Å². The second kappa shape index (κ2) is 14.8. The first-order chi connectivity index (χ1) is 21.0. The van der Waals surface area contributed by atoms with Crippen molar-refractivity contribution in [1.29, 1.82) is 0 Å². The summed E-state index contributed by atoms with van der Waals surface area (Å²) in [5, 5.41) is 18.9. The van der Waals surface area contributed by atoms with E-state index in [1.807, 2.05) is 12.1 Å². The van der Waals surface area contributed by atoms with Crippen LogP contribution < -0.4 is 9.47 Å². The fourth-order valence-electron chi connectivity index (χ4n) is 4.94. The first kappa shape index (κ1) is 32.5. The molecule has 0 aliphatic carbocycles. The minimum absolute atomic E-state index is 0.0462. The molecule has 3 aromatic carbocycles. The van der Waals surface area contributed by atoms with Crippen molar-refractivity contribution in [3.05, 3.63) is 93.4 Å². The SMILES string of the molecule is Cc1c(CCCC(=O)O)c2cc(F)cc(C=Cc3ccc(OCCCCOc4cc(F)cc(F)c4Cl)cc3)c2n1CC(=O)O. The van der Waals surface area contributed by atoms with Crippen LogP contribution in [0.1, 0.15) is 48.1 Å². The van der Waals surface area contributed by atoms with Crippen LogP contribution in [0.4, 0.5) is 13.2 Å². The zero-order valence-electron chi connectivity index (χ0n) is 23.9. The Morgan fingerprint density at radius 3 is 2.25 bits per heavy atom. The van der Waals surface area contributed by atoms with Crippen molar-refractivity contribution < 1.29 is 42.4 Å². The highest BCUT2D eigenvalue weighted by Crippen LogP contribution is 2.32. The van der Waals surface area contributed by atoms with Crippen molar-refractivity contribution >= 4 is 46.6 Å². The molecule has 0 aliphatic rings. The van der Waals surface area contributed by atoms with Gasteiger partial charge >= 0.3 is 11.9 Å². The number of carbonyl (C=O) groups is 2. The molecular weight excluding hydrogens is 599 g/mol. The molecular formula is C33H31ClF3NO6. The van der Waals surface area contributed by atoms with E-state index in [0.29, 0.717) is 66.3 Å². The van der Waals surface area contributed by atoms with E-state index in [9.17, 15) is 27.9 Å². The summed E-state index contributed by atoms with van der Waals surface area (Å²) in [5.74, 6) is -3.53. The molecule has 1 aromatic heterocycles. The number of aryl methyl sites for hydroxylation is 1. The number of hydrogen-bond acceptors (Lipinski definition) is 4. The second-order valence-electron chi connectivity index (χ2n) is 10.2. The summed E-state index contributed by atoms with van der Waals surface area (Å²) in [7, 11) is 0. The Morgan fingerprint density at radius 2 is 1.57 bits per heavy atom. The second-order valence-corrected chi connectivity index (χ2v) is 10.6. The molecule has 232 valence electrons. The molecule has 11 heteroatoms. The highest BCUT2D eigenvalue weighted by molar-refractivity contribution is 6.32. The summed E-state index contributed by atoms with van der Waals surface area (Å²) < 4.78 is 54.3. The predicted molar refractivity (Wildman–Crippen MR) is 162 cm³/mol. The molecule has 4 aromatic rings. The molecule has 0 radical (unpaired) electrons. The largest absolute Gasteiger partial charge is 0.494 e. The molecule has 0 atom stereocenters. The standard InChI is InChI=1S/C33H31ClF3NO6/c1-20-26(5-4-6-30(39)40)27-16-23(35)15-22(33(27)38(20)19-31(41)42)10-7-21-8-11-25(12-9-21)43-13-2-3-14-44-29-18-24(36)17-28(37)32(29)34/h7-12,15-18H,2-6,13-14,19H2,1H3,(H,39,40)(H,41,42). The summed E-state index contributed by atoms with van der Waals surface area (Å²) in [6.07, 6.45) is 5.38. The molecule has 0 bridgehead atoms. The topological polar surface area (TPSA) is 98.0 Å². The average molecular weight is 630 g/mol. The van der Waals surface area contributed by atoms with Crippen LogP contribution in [-0.4, -0.2) is 39.9 Å². The third kappa shape index (κ3) is 8.35. The minimum Gasteiger partial charge on any atom is -0.494 e. The fourth-order valence-corrected chi connectivity index (χ4v) is 5.11. The zero-order valence-corrected chi connectivity index (χ0v) is 24.7. The van der Waals surface area contributed by atoms with E-state index in [1.165, 1.54) is 12.1 Å². The lowest BCUT2D eigenvalue weighted by Crippen LogP contribution is -2.10. The van der Waals surface area contributed by atoms with E-state index >= 15 is 0 Å². The molecule has 0 aliphatic heterocycles. The number of ether oxygens (including phenoxy) is 2. The molecule has 0 fully saturated rings. The third-order valence-electron chi connectivity index (χ3n) is 7.01. The number of carboxylic acid groups (broad SMARTS) is 2. The molecule has 0 saturated heterocycles. The lowest BCUT2D eigenvalue weighted by molar-refractivity contribution is -0.138. The Balaban J connectivity index is 1.40. The molecule has 1 heterocycles. The van der Waals surface area contributed by atoms with E-state index in [0.717, 1.165) is 17.2 Å². The molecule has 44 heavy (non-hydrogen) atoms. The van der Waals surface area contributed by atoms with Gasteiger partial charge in [-0.05, 0) is 68.0 Å². The van der Waals surface area contributed by atoms with E-state index in [2.05, 4.69) is 0 Å². The van der Waals surface area contributed by atoms with Gasteiger partial charge in [0.05, 0.1) is 18.7 Å². The van der Waals surface area contributed by atoms with Crippen molar-refractivity contribution in [1.82, 2.24) is 4.57 Å². The van der Waals surface area contributed by atoms with E-state index in [4.69, 9.17) is 26.2 Å². The number of fused-ring (bicyclic) bond motifs is 1. The van der Waals surface area contributed by atoms with Gasteiger partial charge in [-0.15, -0.1) is 0 Å². The molecule has 2 N–H and O–H groups in total. The highest BCUT2D eigenvalue weighted by atomic mass is 35.5. The number of benzene rings is 3. The third-order valence-corrected chi connectivity index (χ3v) is 7.38. The molecule has 7 nitrogen and oxygen atoms in total. The van der Waals surface area contributed by atoms with Gasteiger partial charge in [0.2, 0.25) is 0 Å². The summed E-state index contributed by atoms with van der Waals surface area (Å²) in [4.78, 5) is 22.7. The number of rotatable bonds is 15. The van der Waals surface area contributed by atoms with Crippen molar-refractivity contribution in [2.24, 2.45) is 0 Å². The summed E-state index contributed by atoms with van der Waals surface area (Å²) in [6.45, 7) is 2.04. The maximum absolute atomic E-state index is 14.7. The van der Waals surface area contributed by atoms with Crippen LogP contribution in [0, 0.1) is 24.4 Å². The molecule has 4 rings (SSSR count). The Kier molecular flexibility index (Phi) is 10.9. The number of hydrogen-bond donors (Lipinski definition) is 2. The number of unbranched alkanes of at least 4 members (excludes halogenated alkanes) is 1. The Labute approximate surface area is 257 Å². The van der Waals surface area contributed by atoms with Gasteiger partial charge in [0.15, 0.2) is 0 Å². The Bertz CT molecular complexity index is 1680. The Hall–Kier alpha value is -4.44. The maximum atomic E-state index is 14.7. The van der Waals surface area contributed by atoms with E-state index in [-0.39, 0.29) is 30.3 Å². The van der Waals surface area contributed by atoms with Gasteiger partial charge in [0, 0.05) is 35.2 Å². The number of nitrogens with zero attached hydrogens (tertiary/aromatic N) is 1. The van der Waals surface area contributed by atoms with E-state index in [1.54, 1.807) is 35.8 Å². The first-order valence-corrected chi connectivity index (χ1v) is 14.3. The summed E-state index contributed by atoms with van der Waals surface area (Å²) in [5.41, 5.74) is 3.27. The van der Waals surface area contributed by atoms with Gasteiger partial charge in [-0.1, -0.05) is 35.9 Å². The van der Waals surface area contributed by atoms with Crippen molar-refractivity contribution in [2.75, 3.05) is 13.2 Å². The molecule has 0 unspecified atom stereocenters. The molecule has 0 spiro atoms. The van der Waals surface area contributed by atoms with Gasteiger partial charge in [0.1, 0.15) is 40.5 Å². The maximum Gasteiger partial charge on any atom is 0.323 e. The smallest absolute Gasteiger partial charge is 0.323 e. The van der Waals surface area contributed by atoms with Crippen LogP contribution in [0.25, 0.3) is 23.1 Å². The molecule has 0 saturated carbocycles. The van der Waals surface area contributed by atoms with Crippen LogP contribution in [0.15, 0.2) is 48.5 Å². The van der Waals surface area contributed by atoms with E-state index < -0.39 is 29.4 Å². The zero-order chi connectivity index (χ0) is 31.8. The van der Waals surface area contributed by atoms with Gasteiger partial charge in [-0.25, -0.2) is 13.2 Å². The van der Waals surface area contributed by atoms with Crippen molar-refractivity contribution in [2.45, 2.75) is 45.6 Å². The van der Waals surface area contributed by atoms with Gasteiger partial charge < -0.3 is 24.3 Å². The van der Waals surface area contributed by atoms with Gasteiger partial charge in [0.25, 0.3) is 0 Å². The number of halogens is 4. The first-order valence-electron chi connectivity index (χ1n) is 14.0. The quantitative estimate of drug-likeness (QED) is 0.0788. The lowest BCUT2D eigenvalue weighted by Gasteiger charge is -2.10. The number of aromatic nitrogens is 1. The average Bonchev–Trinajstić information content (AvgIpc) is 3.21. The minimum atomic E-state index is -1.05. The Morgan fingerprint density at radius 1 is 0.886 bits per heavy atom. The van der Waals surface area contributed by atoms with Crippen LogP contribution in [0.5, 0.6) is 11.5 Å². The summed E-state index contributed by atoms with van der Waals surface area (Å²) >= 11 is 5.79.